The summed E-state index contributed by atoms with van der Waals surface area (Å²) in [5.41, 5.74) is 0. The molecule has 0 aromatic rings. The Morgan fingerprint density at radius 1 is 0.333 bits per heavy atom. The van der Waals surface area contributed by atoms with Crippen LogP contribution in [0.25, 0.3) is 0 Å². The Kier molecular flexibility index (Phi) is 59.4. The molecule has 414 valence electrons. The van der Waals surface area contributed by atoms with Crippen LogP contribution >= 0.6 is 0 Å². The summed E-state index contributed by atoms with van der Waals surface area (Å²) in [5, 5.41) is 9.68. The van der Waals surface area contributed by atoms with Crippen LogP contribution in [0.3, 0.4) is 0 Å². The fraction of sp³-hybridized carbons (Fsp3) is 0.731. The van der Waals surface area contributed by atoms with Crippen molar-refractivity contribution >= 4 is 11.9 Å². The zero-order valence-electron chi connectivity index (χ0n) is 47.4. The Balaban J connectivity index is 3.51. The molecule has 0 aliphatic carbocycles. The van der Waals surface area contributed by atoms with E-state index in [1.54, 1.807) is 0 Å². The maximum Gasteiger partial charge on any atom is 0.306 e. The van der Waals surface area contributed by atoms with E-state index < -0.39 is 6.10 Å². The average molecular weight is 1000 g/mol. The predicted octanol–water partition coefficient (Wildman–Crippen LogP) is 21.1. The fourth-order valence-corrected chi connectivity index (χ4v) is 8.77. The largest absolute Gasteiger partial charge is 0.462 e. The molecule has 0 amide bonds. The molecule has 0 saturated heterocycles. The molecule has 0 bridgehead atoms. The highest BCUT2D eigenvalue weighted by Gasteiger charge is 2.16. The molecule has 0 spiro atoms. The summed E-state index contributed by atoms with van der Waals surface area (Å²) in [6.07, 6.45) is 88.2. The van der Waals surface area contributed by atoms with Gasteiger partial charge in [0.15, 0.2) is 6.10 Å². The summed E-state index contributed by atoms with van der Waals surface area (Å²) in [6, 6.07) is 0. The van der Waals surface area contributed by atoms with E-state index in [0.717, 1.165) is 89.9 Å². The molecule has 0 aliphatic heterocycles. The standard InChI is InChI=1S/C67H116O5/c1-3-5-7-9-11-13-15-17-19-21-23-25-27-29-31-32-33-34-36-38-40-42-44-46-48-50-52-54-56-58-60-62-67(70)72-65(63-68)64-71-66(69)61-59-57-55-53-51-49-47-45-43-41-39-37-35-30-28-26-24-22-20-18-16-14-12-10-8-6-4-2/h5,7,11,13,17,19,22-25,29,31,33-34,38,40,65,68H,3-4,6,8-10,12,14-16,18,20-21,26-28,30,32,35-37,39,41-64H2,1-2H3/b7-5-,13-11-,19-17-,24-22-,25-23-,31-29-,34-33-,40-38-. The molecule has 0 heterocycles. The van der Waals surface area contributed by atoms with Crippen LogP contribution in [0.1, 0.15) is 296 Å². The van der Waals surface area contributed by atoms with Crippen molar-refractivity contribution in [2.24, 2.45) is 0 Å². The zero-order valence-corrected chi connectivity index (χ0v) is 47.4. The zero-order chi connectivity index (χ0) is 52.0. The van der Waals surface area contributed by atoms with Crippen molar-refractivity contribution in [1.29, 1.82) is 0 Å². The summed E-state index contributed by atoms with van der Waals surface area (Å²) in [6.45, 7) is 4.05. The number of allylic oxidation sites excluding steroid dienone is 16. The van der Waals surface area contributed by atoms with Gasteiger partial charge in [0, 0.05) is 12.8 Å². The van der Waals surface area contributed by atoms with Gasteiger partial charge in [-0.25, -0.2) is 0 Å². The third-order valence-corrected chi connectivity index (χ3v) is 13.4. The molecule has 0 aromatic carbocycles. The molecule has 72 heavy (non-hydrogen) atoms. The molecule has 0 aliphatic rings. The molecule has 1 N–H and O–H groups in total. The first-order valence-electron chi connectivity index (χ1n) is 30.8. The molecule has 0 rings (SSSR count). The molecule has 5 nitrogen and oxygen atoms in total. The van der Waals surface area contributed by atoms with Crippen molar-refractivity contribution in [3.05, 3.63) is 97.2 Å². The van der Waals surface area contributed by atoms with Crippen molar-refractivity contribution in [3.63, 3.8) is 0 Å². The van der Waals surface area contributed by atoms with E-state index in [0.29, 0.717) is 12.8 Å². The molecule has 5 heteroatoms. The fourth-order valence-electron chi connectivity index (χ4n) is 8.77. The van der Waals surface area contributed by atoms with Gasteiger partial charge in [-0.3, -0.25) is 9.59 Å². The van der Waals surface area contributed by atoms with E-state index in [9.17, 15) is 14.7 Å². The summed E-state index contributed by atoms with van der Waals surface area (Å²) in [4.78, 5) is 24.6. The van der Waals surface area contributed by atoms with Crippen LogP contribution in [0.4, 0.5) is 0 Å². The van der Waals surface area contributed by atoms with Crippen LogP contribution in [0.15, 0.2) is 97.2 Å². The average Bonchev–Trinajstić information content (AvgIpc) is 3.38. The van der Waals surface area contributed by atoms with Gasteiger partial charge in [0.05, 0.1) is 6.61 Å². The Bertz CT molecular complexity index is 1360. The molecule has 0 saturated carbocycles. The molecule has 0 radical (unpaired) electrons. The van der Waals surface area contributed by atoms with Crippen LogP contribution in [-0.2, 0) is 19.1 Å². The molecular formula is C67H116O5. The van der Waals surface area contributed by atoms with Gasteiger partial charge < -0.3 is 14.6 Å². The van der Waals surface area contributed by atoms with E-state index >= 15 is 0 Å². The van der Waals surface area contributed by atoms with Gasteiger partial charge >= 0.3 is 11.9 Å². The lowest BCUT2D eigenvalue weighted by atomic mass is 10.0. The normalized spacial score (nSPS) is 12.9. The van der Waals surface area contributed by atoms with Crippen LogP contribution in [0.2, 0.25) is 0 Å². The minimum atomic E-state index is -0.781. The maximum atomic E-state index is 12.3. The SMILES string of the molecule is CC/C=C\C/C=C\C/C=C\C/C=C\C/C=C\C/C=C\C/C=C\CCCCCCCCCCCC(=O)OC(CO)COC(=O)CCCCCCCCCCCCCCCCC/C=C\CCCCCCCCCC. The maximum absolute atomic E-state index is 12.3. The summed E-state index contributed by atoms with van der Waals surface area (Å²) < 4.78 is 10.7. The number of aliphatic hydroxyl groups excluding tert-OH is 1. The van der Waals surface area contributed by atoms with Crippen LogP contribution in [0.5, 0.6) is 0 Å². The van der Waals surface area contributed by atoms with Gasteiger partial charge in [-0.2, -0.15) is 0 Å². The van der Waals surface area contributed by atoms with E-state index in [1.165, 1.54) is 180 Å². The van der Waals surface area contributed by atoms with Crippen molar-refractivity contribution in [3.8, 4) is 0 Å². The number of hydrogen-bond acceptors (Lipinski definition) is 5. The first-order chi connectivity index (χ1) is 35.6. The number of rotatable bonds is 56. The van der Waals surface area contributed by atoms with Gasteiger partial charge in [0.25, 0.3) is 0 Å². The quantitative estimate of drug-likeness (QED) is 0.0373. The monoisotopic (exact) mass is 1000 g/mol. The lowest BCUT2D eigenvalue weighted by Crippen LogP contribution is -2.28. The van der Waals surface area contributed by atoms with E-state index in [2.05, 4.69) is 111 Å². The number of unbranched alkanes of at least 4 members (excludes halogenated alkanes) is 32. The van der Waals surface area contributed by atoms with Gasteiger partial charge in [-0.15, -0.1) is 0 Å². The summed E-state index contributed by atoms with van der Waals surface area (Å²) >= 11 is 0. The van der Waals surface area contributed by atoms with E-state index in [1.807, 2.05) is 0 Å². The van der Waals surface area contributed by atoms with Crippen LogP contribution in [-0.4, -0.2) is 36.4 Å². The first kappa shape index (κ1) is 68.8. The second-order valence-corrected chi connectivity index (χ2v) is 20.4. The summed E-state index contributed by atoms with van der Waals surface area (Å²) in [5.74, 6) is -0.592. The number of carbonyl (C=O) groups excluding carboxylic acids is 2. The van der Waals surface area contributed by atoms with Crippen molar-refractivity contribution < 1.29 is 24.2 Å². The number of esters is 2. The minimum Gasteiger partial charge on any atom is -0.462 e. The highest BCUT2D eigenvalue weighted by molar-refractivity contribution is 5.70. The van der Waals surface area contributed by atoms with Gasteiger partial charge in [0.1, 0.15) is 6.61 Å². The highest BCUT2D eigenvalue weighted by Crippen LogP contribution is 2.16. The number of ether oxygens (including phenoxy) is 2. The molecule has 0 aromatic heterocycles. The third-order valence-electron chi connectivity index (χ3n) is 13.4. The second kappa shape index (κ2) is 62.1. The number of hydrogen-bond donors (Lipinski definition) is 1. The summed E-state index contributed by atoms with van der Waals surface area (Å²) in [7, 11) is 0. The predicted molar refractivity (Wildman–Crippen MR) is 316 cm³/mol. The molecule has 0 fully saturated rings. The van der Waals surface area contributed by atoms with Crippen molar-refractivity contribution in [2.75, 3.05) is 13.2 Å². The second-order valence-electron chi connectivity index (χ2n) is 20.4. The smallest absolute Gasteiger partial charge is 0.306 e. The van der Waals surface area contributed by atoms with Gasteiger partial charge in [0.2, 0.25) is 0 Å². The molecular weight excluding hydrogens is 885 g/mol. The lowest BCUT2D eigenvalue weighted by molar-refractivity contribution is -0.161. The minimum absolute atomic E-state index is 0.0704. The van der Waals surface area contributed by atoms with Gasteiger partial charge in [-0.05, 0) is 96.3 Å². The number of carbonyl (C=O) groups is 2. The Labute approximate surface area is 447 Å². The molecule has 1 atom stereocenters. The Hall–Kier alpha value is -3.18. The van der Waals surface area contributed by atoms with Crippen LogP contribution in [0, 0.1) is 0 Å². The highest BCUT2D eigenvalue weighted by atomic mass is 16.6. The van der Waals surface area contributed by atoms with Gasteiger partial charge in [-0.1, -0.05) is 284 Å². The third kappa shape index (κ3) is 59.4. The Morgan fingerprint density at radius 3 is 0.917 bits per heavy atom. The Morgan fingerprint density at radius 2 is 0.597 bits per heavy atom. The lowest BCUT2D eigenvalue weighted by Gasteiger charge is -2.15. The van der Waals surface area contributed by atoms with Crippen LogP contribution < -0.4 is 0 Å². The van der Waals surface area contributed by atoms with E-state index in [4.69, 9.17) is 9.47 Å². The first-order valence-corrected chi connectivity index (χ1v) is 30.8. The van der Waals surface area contributed by atoms with Crippen molar-refractivity contribution in [2.45, 2.75) is 302 Å². The molecule has 1 unspecified atom stereocenters. The number of aliphatic hydroxyl groups is 1. The van der Waals surface area contributed by atoms with E-state index in [-0.39, 0.29) is 25.2 Å². The van der Waals surface area contributed by atoms with Crippen molar-refractivity contribution in [1.82, 2.24) is 0 Å². The topological polar surface area (TPSA) is 72.8 Å².